The van der Waals surface area contributed by atoms with Crippen LogP contribution in [0.4, 0.5) is 5.69 Å². The Morgan fingerprint density at radius 2 is 1.78 bits per heavy atom. The third-order valence-electron chi connectivity index (χ3n) is 6.03. The second kappa shape index (κ2) is 9.33. The predicted octanol–water partition coefficient (Wildman–Crippen LogP) is 5.65. The molecule has 1 fully saturated rings. The summed E-state index contributed by atoms with van der Waals surface area (Å²) in [5, 5.41) is 6.46. The van der Waals surface area contributed by atoms with Crippen LogP contribution in [-0.4, -0.2) is 30.7 Å². The van der Waals surface area contributed by atoms with Gasteiger partial charge in [-0.05, 0) is 68.1 Å². The zero-order chi connectivity index (χ0) is 22.7. The second-order valence-corrected chi connectivity index (χ2v) is 9.82. The SMILES string of the molecule is C[C@@H](N[C@H]1CCN(c2ccc(CC(=O)OC(C)(C)C)cc2)C1)c1cccc2ccccc12. The molecule has 1 aliphatic rings. The Balaban J connectivity index is 1.35. The van der Waals surface area contributed by atoms with Crippen molar-refractivity contribution in [1.82, 2.24) is 5.32 Å². The van der Waals surface area contributed by atoms with E-state index in [1.807, 2.05) is 32.9 Å². The van der Waals surface area contributed by atoms with Crippen molar-refractivity contribution < 1.29 is 9.53 Å². The normalized spacial score (nSPS) is 17.5. The Bertz CT molecular complexity index is 1060. The molecule has 2 atom stereocenters. The van der Waals surface area contributed by atoms with Crippen LogP contribution in [0.3, 0.4) is 0 Å². The van der Waals surface area contributed by atoms with Crippen molar-refractivity contribution in [1.29, 1.82) is 0 Å². The van der Waals surface area contributed by atoms with E-state index in [9.17, 15) is 4.79 Å². The van der Waals surface area contributed by atoms with Crippen molar-refractivity contribution in [2.24, 2.45) is 0 Å². The largest absolute Gasteiger partial charge is 0.460 e. The van der Waals surface area contributed by atoms with Crippen LogP contribution in [0.15, 0.2) is 66.7 Å². The Kier molecular flexibility index (Phi) is 6.52. The second-order valence-electron chi connectivity index (χ2n) is 9.82. The topological polar surface area (TPSA) is 41.6 Å². The van der Waals surface area contributed by atoms with Crippen molar-refractivity contribution in [2.45, 2.75) is 58.2 Å². The highest BCUT2D eigenvalue weighted by atomic mass is 16.6. The van der Waals surface area contributed by atoms with E-state index in [1.54, 1.807) is 0 Å². The van der Waals surface area contributed by atoms with E-state index in [0.29, 0.717) is 18.5 Å². The molecule has 4 rings (SSSR count). The molecular weight excluding hydrogens is 396 g/mol. The van der Waals surface area contributed by atoms with Crippen molar-refractivity contribution in [3.8, 4) is 0 Å². The van der Waals surface area contributed by atoms with Crippen LogP contribution in [0.5, 0.6) is 0 Å². The van der Waals surface area contributed by atoms with Gasteiger partial charge in [-0.25, -0.2) is 0 Å². The molecule has 32 heavy (non-hydrogen) atoms. The summed E-state index contributed by atoms with van der Waals surface area (Å²) in [6, 6.07) is 24.2. The molecule has 4 nitrogen and oxygen atoms in total. The summed E-state index contributed by atoms with van der Waals surface area (Å²) in [5.41, 5.74) is 3.10. The molecule has 4 heteroatoms. The smallest absolute Gasteiger partial charge is 0.310 e. The molecule has 0 saturated carbocycles. The van der Waals surface area contributed by atoms with Crippen LogP contribution in [0.2, 0.25) is 0 Å². The first kappa shape index (κ1) is 22.3. The molecule has 1 saturated heterocycles. The molecule has 0 aliphatic carbocycles. The lowest BCUT2D eigenvalue weighted by Crippen LogP contribution is -2.34. The average molecular weight is 431 g/mol. The Hall–Kier alpha value is -2.85. The highest BCUT2D eigenvalue weighted by Crippen LogP contribution is 2.27. The number of carbonyl (C=O) groups excluding carboxylic acids is 1. The number of nitrogens with zero attached hydrogens (tertiary/aromatic N) is 1. The van der Waals surface area contributed by atoms with E-state index >= 15 is 0 Å². The van der Waals surface area contributed by atoms with E-state index in [-0.39, 0.29) is 5.97 Å². The maximum atomic E-state index is 12.1. The number of ether oxygens (including phenoxy) is 1. The highest BCUT2D eigenvalue weighted by Gasteiger charge is 2.25. The summed E-state index contributed by atoms with van der Waals surface area (Å²) >= 11 is 0. The number of anilines is 1. The zero-order valence-electron chi connectivity index (χ0n) is 19.6. The van der Waals surface area contributed by atoms with Gasteiger partial charge in [0.05, 0.1) is 6.42 Å². The number of hydrogen-bond donors (Lipinski definition) is 1. The third kappa shape index (κ3) is 5.49. The summed E-state index contributed by atoms with van der Waals surface area (Å²) in [6.45, 7) is 9.97. The minimum absolute atomic E-state index is 0.182. The summed E-state index contributed by atoms with van der Waals surface area (Å²) in [7, 11) is 0. The first-order valence-electron chi connectivity index (χ1n) is 11.6. The third-order valence-corrected chi connectivity index (χ3v) is 6.03. The minimum Gasteiger partial charge on any atom is -0.460 e. The van der Waals surface area contributed by atoms with Crippen LogP contribution < -0.4 is 10.2 Å². The summed E-state index contributed by atoms with van der Waals surface area (Å²) in [4.78, 5) is 14.5. The van der Waals surface area contributed by atoms with Crippen LogP contribution in [-0.2, 0) is 16.0 Å². The van der Waals surface area contributed by atoms with Gasteiger partial charge < -0.3 is 15.0 Å². The molecule has 3 aromatic rings. The average Bonchev–Trinajstić information content (AvgIpc) is 3.21. The number of hydrogen-bond acceptors (Lipinski definition) is 4. The predicted molar refractivity (Wildman–Crippen MR) is 132 cm³/mol. The maximum Gasteiger partial charge on any atom is 0.310 e. The highest BCUT2D eigenvalue weighted by molar-refractivity contribution is 5.86. The summed E-state index contributed by atoms with van der Waals surface area (Å²) in [6.07, 6.45) is 1.43. The molecule has 0 spiro atoms. The van der Waals surface area contributed by atoms with Crippen molar-refractivity contribution in [2.75, 3.05) is 18.0 Å². The number of nitrogens with one attached hydrogen (secondary N) is 1. The molecule has 0 amide bonds. The maximum absolute atomic E-state index is 12.1. The fraction of sp³-hybridized carbons (Fsp3) is 0.393. The molecule has 1 N–H and O–H groups in total. The first-order chi connectivity index (χ1) is 15.3. The summed E-state index contributed by atoms with van der Waals surface area (Å²) in [5.74, 6) is -0.182. The van der Waals surface area contributed by atoms with Gasteiger partial charge in [0.25, 0.3) is 0 Å². The lowest BCUT2D eigenvalue weighted by molar-refractivity contribution is -0.153. The van der Waals surface area contributed by atoms with Gasteiger partial charge in [-0.3, -0.25) is 4.79 Å². The minimum atomic E-state index is -0.447. The Labute approximate surface area is 191 Å². The molecule has 0 bridgehead atoms. The van der Waals surface area contributed by atoms with Crippen molar-refractivity contribution in [3.63, 3.8) is 0 Å². The van der Waals surface area contributed by atoms with Crippen molar-refractivity contribution >= 4 is 22.4 Å². The fourth-order valence-electron chi connectivity index (χ4n) is 4.57. The zero-order valence-corrected chi connectivity index (χ0v) is 19.6. The molecule has 1 heterocycles. The lowest BCUT2D eigenvalue weighted by atomic mass is 9.99. The molecule has 3 aromatic carbocycles. The Morgan fingerprint density at radius 3 is 2.53 bits per heavy atom. The number of rotatable bonds is 6. The summed E-state index contributed by atoms with van der Waals surface area (Å²) < 4.78 is 5.43. The van der Waals surface area contributed by atoms with Crippen molar-refractivity contribution in [3.05, 3.63) is 77.9 Å². The first-order valence-corrected chi connectivity index (χ1v) is 11.6. The van der Waals surface area contributed by atoms with Gasteiger partial charge in [-0.15, -0.1) is 0 Å². The van der Waals surface area contributed by atoms with E-state index in [0.717, 1.165) is 25.1 Å². The molecular formula is C28H34N2O2. The standard InChI is InChI=1S/C28H34N2O2/c1-20(25-11-7-9-22-8-5-6-10-26(22)25)29-23-16-17-30(19-23)24-14-12-21(13-15-24)18-27(31)32-28(2,3)4/h5-15,20,23,29H,16-19H2,1-4H3/t20-,23+/m1/s1. The van der Waals surface area contributed by atoms with Crippen LogP contribution in [0, 0.1) is 0 Å². The monoisotopic (exact) mass is 430 g/mol. The number of fused-ring (bicyclic) bond motifs is 1. The van der Waals surface area contributed by atoms with Crippen LogP contribution >= 0.6 is 0 Å². The quantitative estimate of drug-likeness (QED) is 0.513. The molecule has 0 aromatic heterocycles. The number of benzene rings is 3. The number of esters is 1. The van der Waals surface area contributed by atoms with Gasteiger partial charge in [0.15, 0.2) is 0 Å². The van der Waals surface area contributed by atoms with E-state index in [2.05, 4.69) is 71.7 Å². The van der Waals surface area contributed by atoms with E-state index < -0.39 is 5.60 Å². The van der Waals surface area contributed by atoms with E-state index in [4.69, 9.17) is 4.74 Å². The van der Waals surface area contributed by atoms with Gasteiger partial charge >= 0.3 is 5.97 Å². The molecule has 168 valence electrons. The molecule has 0 radical (unpaired) electrons. The van der Waals surface area contributed by atoms with Crippen LogP contribution in [0.25, 0.3) is 10.8 Å². The van der Waals surface area contributed by atoms with Gasteiger partial charge in [-0.1, -0.05) is 54.6 Å². The molecule has 1 aliphatic heterocycles. The Morgan fingerprint density at radius 1 is 1.06 bits per heavy atom. The fourth-order valence-corrected chi connectivity index (χ4v) is 4.57. The van der Waals surface area contributed by atoms with Gasteiger partial charge in [-0.2, -0.15) is 0 Å². The van der Waals surface area contributed by atoms with Gasteiger partial charge in [0, 0.05) is 30.9 Å². The van der Waals surface area contributed by atoms with Gasteiger partial charge in [0.2, 0.25) is 0 Å². The van der Waals surface area contributed by atoms with Gasteiger partial charge in [0.1, 0.15) is 5.60 Å². The lowest BCUT2D eigenvalue weighted by Gasteiger charge is -2.23. The molecule has 0 unspecified atom stereocenters. The number of carbonyl (C=O) groups is 1. The van der Waals surface area contributed by atoms with Crippen LogP contribution in [0.1, 0.15) is 51.3 Å². The van der Waals surface area contributed by atoms with E-state index in [1.165, 1.54) is 22.0 Å².